The smallest absolute Gasteiger partial charge is 0.251 e. The number of imidazole rings is 1. The van der Waals surface area contributed by atoms with Crippen molar-refractivity contribution >= 4 is 28.8 Å². The van der Waals surface area contributed by atoms with Crippen LogP contribution in [0, 0.1) is 0 Å². The van der Waals surface area contributed by atoms with Gasteiger partial charge in [-0.1, -0.05) is 35.9 Å². The van der Waals surface area contributed by atoms with Gasteiger partial charge < -0.3 is 25.3 Å². The number of rotatable bonds is 9. The van der Waals surface area contributed by atoms with Crippen molar-refractivity contribution in [2.75, 3.05) is 12.3 Å². The fraction of sp³-hybridized carbons (Fsp3) is 0.259. The molecule has 0 spiro atoms. The summed E-state index contributed by atoms with van der Waals surface area (Å²) in [6, 6.07) is 16.5. The lowest BCUT2D eigenvalue weighted by Gasteiger charge is -2.19. The summed E-state index contributed by atoms with van der Waals surface area (Å²) >= 11 is 6.24. The van der Waals surface area contributed by atoms with E-state index in [0.29, 0.717) is 40.5 Å². The standard InChI is InChI=1S/C27H29ClN4O3/c1-17(2)35-25-10-9-20(15-23(25)29)27(34)30-21(11-13-33)14-18-5-7-19(8-6-18)24-16-32-12-3-4-22(28)26(32)31-24/h3-10,12,15-17,21,33H,11,13-14,29H2,1-2H3,(H,30,34)/t21-/m1/s1. The summed E-state index contributed by atoms with van der Waals surface area (Å²) in [4.78, 5) is 17.5. The van der Waals surface area contributed by atoms with Crippen molar-refractivity contribution < 1.29 is 14.6 Å². The number of ether oxygens (including phenoxy) is 1. The fourth-order valence-electron chi connectivity index (χ4n) is 3.91. The number of anilines is 1. The minimum absolute atomic E-state index is 0.0113. The maximum Gasteiger partial charge on any atom is 0.251 e. The first-order valence-electron chi connectivity index (χ1n) is 11.5. The first-order chi connectivity index (χ1) is 16.8. The minimum atomic E-state index is -0.246. The van der Waals surface area contributed by atoms with Crippen molar-refractivity contribution in [3.05, 3.63) is 83.1 Å². The molecule has 2 aromatic carbocycles. The van der Waals surface area contributed by atoms with Gasteiger partial charge in [-0.3, -0.25) is 4.79 Å². The maximum absolute atomic E-state index is 12.8. The normalized spacial score (nSPS) is 12.1. The number of hydrogen-bond donors (Lipinski definition) is 3. The summed E-state index contributed by atoms with van der Waals surface area (Å²) in [6.07, 6.45) is 4.85. The van der Waals surface area contributed by atoms with E-state index in [1.54, 1.807) is 18.2 Å². The Kier molecular flexibility index (Phi) is 7.58. The highest BCUT2D eigenvalue weighted by Gasteiger charge is 2.16. The number of amides is 1. The lowest BCUT2D eigenvalue weighted by atomic mass is 10.0. The van der Waals surface area contributed by atoms with Crippen molar-refractivity contribution in [3.63, 3.8) is 0 Å². The molecule has 1 atom stereocenters. The Balaban J connectivity index is 1.44. The quantitative estimate of drug-likeness (QED) is 0.293. The molecule has 4 N–H and O–H groups in total. The van der Waals surface area contributed by atoms with Gasteiger partial charge in [-0.15, -0.1) is 0 Å². The molecule has 1 amide bonds. The number of carbonyl (C=O) groups is 1. The van der Waals surface area contributed by atoms with Crippen LogP contribution in [0.1, 0.15) is 36.2 Å². The molecule has 4 aromatic rings. The van der Waals surface area contributed by atoms with Crippen LogP contribution in [-0.4, -0.2) is 39.2 Å². The van der Waals surface area contributed by atoms with Crippen LogP contribution in [0.3, 0.4) is 0 Å². The lowest BCUT2D eigenvalue weighted by molar-refractivity contribution is 0.0930. The number of nitrogen functional groups attached to an aromatic ring is 1. The molecule has 0 aliphatic rings. The van der Waals surface area contributed by atoms with E-state index in [1.165, 1.54) is 0 Å². The van der Waals surface area contributed by atoms with Gasteiger partial charge in [0.25, 0.3) is 5.91 Å². The number of fused-ring (bicyclic) bond motifs is 1. The predicted molar refractivity (Wildman–Crippen MR) is 139 cm³/mol. The number of halogens is 1. The van der Waals surface area contributed by atoms with Crippen molar-refractivity contribution in [1.29, 1.82) is 0 Å². The highest BCUT2D eigenvalue weighted by atomic mass is 35.5. The molecule has 0 bridgehead atoms. The number of pyridine rings is 1. The van der Waals surface area contributed by atoms with E-state index in [9.17, 15) is 9.90 Å². The van der Waals surface area contributed by atoms with E-state index in [4.69, 9.17) is 22.1 Å². The van der Waals surface area contributed by atoms with Crippen LogP contribution in [-0.2, 0) is 6.42 Å². The predicted octanol–water partition coefficient (Wildman–Crippen LogP) is 4.75. The summed E-state index contributed by atoms with van der Waals surface area (Å²) in [7, 11) is 0. The van der Waals surface area contributed by atoms with Crippen molar-refractivity contribution in [2.45, 2.75) is 38.8 Å². The summed E-state index contributed by atoms with van der Waals surface area (Å²) in [5.74, 6) is 0.306. The Labute approximate surface area is 209 Å². The summed E-state index contributed by atoms with van der Waals surface area (Å²) in [5, 5.41) is 13.2. The van der Waals surface area contributed by atoms with Crippen LogP contribution in [0.5, 0.6) is 5.75 Å². The second-order valence-electron chi connectivity index (χ2n) is 8.72. The van der Waals surface area contributed by atoms with Crippen LogP contribution in [0.2, 0.25) is 5.02 Å². The number of aliphatic hydroxyl groups is 1. The average molecular weight is 493 g/mol. The Morgan fingerprint density at radius 3 is 2.63 bits per heavy atom. The third kappa shape index (κ3) is 5.93. The number of aliphatic hydroxyl groups excluding tert-OH is 1. The molecule has 2 heterocycles. The molecule has 8 heteroatoms. The van der Waals surface area contributed by atoms with Gasteiger partial charge in [0, 0.05) is 36.2 Å². The molecule has 0 aliphatic heterocycles. The zero-order chi connectivity index (χ0) is 24.9. The zero-order valence-electron chi connectivity index (χ0n) is 19.7. The molecule has 0 radical (unpaired) electrons. The Morgan fingerprint density at radius 1 is 1.20 bits per heavy atom. The fourth-order valence-corrected chi connectivity index (χ4v) is 4.13. The Morgan fingerprint density at radius 2 is 1.97 bits per heavy atom. The van der Waals surface area contributed by atoms with Crippen molar-refractivity contribution in [2.24, 2.45) is 0 Å². The molecule has 2 aromatic heterocycles. The summed E-state index contributed by atoms with van der Waals surface area (Å²) in [6.45, 7) is 3.80. The van der Waals surface area contributed by atoms with Crippen molar-refractivity contribution in [3.8, 4) is 17.0 Å². The number of benzene rings is 2. The lowest BCUT2D eigenvalue weighted by Crippen LogP contribution is -2.37. The van der Waals surface area contributed by atoms with E-state index in [1.807, 2.05) is 67.0 Å². The van der Waals surface area contributed by atoms with Gasteiger partial charge in [0.1, 0.15) is 5.75 Å². The highest BCUT2D eigenvalue weighted by molar-refractivity contribution is 6.33. The van der Waals surface area contributed by atoms with E-state index < -0.39 is 0 Å². The summed E-state index contributed by atoms with van der Waals surface area (Å²) < 4.78 is 7.54. The molecule has 0 unspecified atom stereocenters. The Hall–Kier alpha value is -3.55. The first-order valence-corrected chi connectivity index (χ1v) is 11.9. The van der Waals surface area contributed by atoms with Crippen LogP contribution in [0.4, 0.5) is 5.69 Å². The van der Waals surface area contributed by atoms with Crippen LogP contribution < -0.4 is 15.8 Å². The SMILES string of the molecule is CC(C)Oc1ccc(C(=O)N[C@H](CCO)Cc2ccc(-c3cn4cccc(Cl)c4n3)cc2)cc1N. The second-order valence-corrected chi connectivity index (χ2v) is 9.12. The van der Waals surface area contributed by atoms with E-state index in [-0.39, 0.29) is 24.7 Å². The number of aromatic nitrogens is 2. The molecule has 0 aliphatic carbocycles. The molecule has 7 nitrogen and oxygen atoms in total. The number of nitrogens with zero attached hydrogens (tertiary/aromatic N) is 2. The molecule has 35 heavy (non-hydrogen) atoms. The van der Waals surface area contributed by atoms with Crippen LogP contribution >= 0.6 is 11.6 Å². The maximum atomic E-state index is 12.8. The van der Waals surface area contributed by atoms with Crippen molar-refractivity contribution in [1.82, 2.24) is 14.7 Å². The Bertz CT molecular complexity index is 1320. The van der Waals surface area contributed by atoms with Gasteiger partial charge in [0.15, 0.2) is 5.65 Å². The number of hydrogen-bond acceptors (Lipinski definition) is 5. The molecule has 4 rings (SSSR count). The zero-order valence-corrected chi connectivity index (χ0v) is 20.5. The topological polar surface area (TPSA) is 102 Å². The molecule has 0 fully saturated rings. The van der Waals surface area contributed by atoms with Gasteiger partial charge >= 0.3 is 0 Å². The third-order valence-corrected chi connectivity index (χ3v) is 5.91. The van der Waals surface area contributed by atoms with E-state index in [0.717, 1.165) is 16.8 Å². The molecular weight excluding hydrogens is 464 g/mol. The van der Waals surface area contributed by atoms with E-state index in [2.05, 4.69) is 10.3 Å². The van der Waals surface area contributed by atoms with Gasteiger partial charge in [0.05, 0.1) is 22.5 Å². The third-order valence-electron chi connectivity index (χ3n) is 5.61. The molecular formula is C27H29ClN4O3. The molecule has 182 valence electrons. The van der Waals surface area contributed by atoms with Crippen LogP contribution in [0.25, 0.3) is 16.9 Å². The largest absolute Gasteiger partial charge is 0.489 e. The van der Waals surface area contributed by atoms with Gasteiger partial charge in [-0.2, -0.15) is 0 Å². The number of nitrogens with two attached hydrogens (primary N) is 1. The number of nitrogens with one attached hydrogen (secondary N) is 1. The molecule has 0 saturated heterocycles. The highest BCUT2D eigenvalue weighted by Crippen LogP contribution is 2.25. The van der Waals surface area contributed by atoms with Gasteiger partial charge in [-0.25, -0.2) is 4.98 Å². The van der Waals surface area contributed by atoms with Crippen LogP contribution in [0.15, 0.2) is 67.0 Å². The average Bonchev–Trinajstić information content (AvgIpc) is 3.26. The first kappa shape index (κ1) is 24.6. The molecule has 0 saturated carbocycles. The summed E-state index contributed by atoms with van der Waals surface area (Å²) in [5.41, 5.74) is 10.5. The van der Waals surface area contributed by atoms with Gasteiger partial charge in [0.2, 0.25) is 0 Å². The minimum Gasteiger partial charge on any atom is -0.489 e. The second kappa shape index (κ2) is 10.8. The number of carbonyl (C=O) groups excluding carboxylic acids is 1. The van der Waals surface area contributed by atoms with Gasteiger partial charge in [-0.05, 0) is 62.6 Å². The van der Waals surface area contributed by atoms with E-state index >= 15 is 0 Å². The monoisotopic (exact) mass is 492 g/mol.